The maximum Gasteiger partial charge on any atom is 0.291 e. The Morgan fingerprint density at radius 1 is 1.00 bits per heavy atom. The Kier molecular flexibility index (Phi) is 4.25. The summed E-state index contributed by atoms with van der Waals surface area (Å²) in [6.45, 7) is 1.96. The number of hydrogen-bond acceptors (Lipinski definition) is 4. The average Bonchev–Trinajstić information content (AvgIpc) is 3.18. The van der Waals surface area contributed by atoms with Crippen LogP contribution in [0.5, 0.6) is 0 Å². The summed E-state index contributed by atoms with van der Waals surface area (Å²) in [7, 11) is 0. The summed E-state index contributed by atoms with van der Waals surface area (Å²) in [6, 6.07) is 14.2. The van der Waals surface area contributed by atoms with E-state index < -0.39 is 0 Å². The number of amides is 2. The highest BCUT2D eigenvalue weighted by atomic mass is 32.1. The van der Waals surface area contributed by atoms with Crippen LogP contribution in [0.4, 0.5) is 10.7 Å². The summed E-state index contributed by atoms with van der Waals surface area (Å²) < 4.78 is 5.03. The molecule has 0 aliphatic heterocycles. The van der Waals surface area contributed by atoms with E-state index in [1.165, 1.54) is 17.6 Å². The van der Waals surface area contributed by atoms with E-state index in [2.05, 4.69) is 10.6 Å². The molecule has 0 atom stereocenters. The van der Waals surface area contributed by atoms with E-state index in [4.69, 9.17) is 4.42 Å². The highest BCUT2D eigenvalue weighted by Crippen LogP contribution is 2.24. The van der Waals surface area contributed by atoms with Crippen LogP contribution in [0, 0.1) is 6.92 Å². The minimum atomic E-state index is -0.345. The first-order valence-corrected chi connectivity index (χ1v) is 7.76. The van der Waals surface area contributed by atoms with Crippen LogP contribution in [0.3, 0.4) is 0 Å². The van der Waals surface area contributed by atoms with E-state index in [0.29, 0.717) is 9.88 Å². The maximum absolute atomic E-state index is 12.2. The molecule has 3 aromatic rings. The monoisotopic (exact) mass is 326 g/mol. The molecule has 116 valence electrons. The van der Waals surface area contributed by atoms with Crippen molar-refractivity contribution < 1.29 is 14.0 Å². The van der Waals surface area contributed by atoms with Gasteiger partial charge in [-0.1, -0.05) is 12.1 Å². The zero-order valence-electron chi connectivity index (χ0n) is 12.3. The van der Waals surface area contributed by atoms with Crippen LogP contribution in [0.25, 0.3) is 0 Å². The number of thiophene rings is 1. The molecule has 0 saturated heterocycles. The molecule has 23 heavy (non-hydrogen) atoms. The van der Waals surface area contributed by atoms with E-state index in [1.54, 1.807) is 24.3 Å². The molecule has 0 fully saturated rings. The fourth-order valence-electron chi connectivity index (χ4n) is 2.02. The molecule has 0 spiro atoms. The van der Waals surface area contributed by atoms with Crippen molar-refractivity contribution >= 4 is 33.8 Å². The quantitative estimate of drug-likeness (QED) is 0.756. The van der Waals surface area contributed by atoms with Gasteiger partial charge in [0.25, 0.3) is 11.8 Å². The van der Waals surface area contributed by atoms with Gasteiger partial charge in [0.2, 0.25) is 0 Å². The second kappa shape index (κ2) is 6.50. The summed E-state index contributed by atoms with van der Waals surface area (Å²) >= 11 is 1.20. The van der Waals surface area contributed by atoms with Crippen LogP contribution in [0.2, 0.25) is 0 Å². The number of carbonyl (C=O) groups is 2. The van der Waals surface area contributed by atoms with Crippen molar-refractivity contribution in [3.8, 4) is 0 Å². The second-order valence-electron chi connectivity index (χ2n) is 4.92. The van der Waals surface area contributed by atoms with E-state index in [-0.39, 0.29) is 17.6 Å². The van der Waals surface area contributed by atoms with Crippen LogP contribution >= 0.6 is 11.3 Å². The van der Waals surface area contributed by atoms with Gasteiger partial charge in [0, 0.05) is 5.69 Å². The lowest BCUT2D eigenvalue weighted by atomic mass is 10.2. The molecule has 2 heterocycles. The topological polar surface area (TPSA) is 71.3 Å². The third-order valence-corrected chi connectivity index (χ3v) is 4.09. The summed E-state index contributed by atoms with van der Waals surface area (Å²) in [6.07, 6.45) is 1.43. The molecule has 0 radical (unpaired) electrons. The molecular weight excluding hydrogens is 312 g/mol. The summed E-state index contributed by atoms with van der Waals surface area (Å²) in [5.41, 5.74) is 1.81. The molecule has 6 heteroatoms. The highest BCUT2D eigenvalue weighted by Gasteiger charge is 2.13. The van der Waals surface area contributed by atoms with Gasteiger partial charge >= 0.3 is 0 Å². The van der Waals surface area contributed by atoms with Gasteiger partial charge in [0.1, 0.15) is 0 Å². The number of nitrogens with one attached hydrogen (secondary N) is 2. The zero-order valence-corrected chi connectivity index (χ0v) is 13.1. The standard InChI is InChI=1S/C17H14N2O3S/c1-11-4-2-5-12(10-11)18-17(21)14-7-8-15(23-14)19-16(20)13-6-3-9-22-13/h2-10H,1H3,(H,18,21)(H,19,20). The van der Waals surface area contributed by atoms with Crippen molar-refractivity contribution in [1.29, 1.82) is 0 Å². The first kappa shape index (κ1) is 15.1. The zero-order chi connectivity index (χ0) is 16.2. The van der Waals surface area contributed by atoms with Crippen molar-refractivity contribution in [3.05, 3.63) is 71.0 Å². The molecule has 0 aliphatic carbocycles. The van der Waals surface area contributed by atoms with Gasteiger partial charge in [-0.05, 0) is 48.9 Å². The molecule has 0 unspecified atom stereocenters. The fourth-order valence-corrected chi connectivity index (χ4v) is 2.82. The average molecular weight is 326 g/mol. The van der Waals surface area contributed by atoms with Crippen molar-refractivity contribution in [3.63, 3.8) is 0 Å². The van der Waals surface area contributed by atoms with Gasteiger partial charge in [-0.25, -0.2) is 0 Å². The van der Waals surface area contributed by atoms with Crippen LogP contribution < -0.4 is 10.6 Å². The number of aryl methyl sites for hydroxylation is 1. The number of carbonyl (C=O) groups excluding carboxylic acids is 2. The Morgan fingerprint density at radius 3 is 2.61 bits per heavy atom. The number of furan rings is 1. The van der Waals surface area contributed by atoms with Gasteiger partial charge < -0.3 is 15.1 Å². The van der Waals surface area contributed by atoms with Gasteiger partial charge in [0.15, 0.2) is 5.76 Å². The number of anilines is 2. The Morgan fingerprint density at radius 2 is 1.87 bits per heavy atom. The molecule has 0 bridgehead atoms. The molecule has 0 saturated carbocycles. The lowest BCUT2D eigenvalue weighted by Crippen LogP contribution is -2.10. The van der Waals surface area contributed by atoms with Crippen LogP contribution in [-0.2, 0) is 0 Å². The molecule has 2 amide bonds. The Hall–Kier alpha value is -2.86. The summed E-state index contributed by atoms with van der Waals surface area (Å²) in [5, 5.41) is 6.12. The number of hydrogen-bond donors (Lipinski definition) is 2. The van der Waals surface area contributed by atoms with E-state index in [1.807, 2.05) is 31.2 Å². The van der Waals surface area contributed by atoms with Gasteiger partial charge in [-0.2, -0.15) is 0 Å². The van der Waals surface area contributed by atoms with Crippen molar-refractivity contribution in [2.75, 3.05) is 10.6 Å². The van der Waals surface area contributed by atoms with Gasteiger partial charge in [-0.3, -0.25) is 9.59 Å². The predicted molar refractivity (Wildman–Crippen MR) is 90.1 cm³/mol. The second-order valence-corrected chi connectivity index (χ2v) is 6.00. The molecule has 0 aliphatic rings. The van der Waals surface area contributed by atoms with Gasteiger partial charge in [0.05, 0.1) is 16.1 Å². The largest absolute Gasteiger partial charge is 0.459 e. The molecule has 2 aromatic heterocycles. The molecule has 3 rings (SSSR count). The molecular formula is C17H14N2O3S. The van der Waals surface area contributed by atoms with E-state index >= 15 is 0 Å². The first-order valence-electron chi connectivity index (χ1n) is 6.94. The summed E-state index contributed by atoms with van der Waals surface area (Å²) in [5.74, 6) is -0.328. The number of benzene rings is 1. The normalized spacial score (nSPS) is 10.3. The predicted octanol–water partition coefficient (Wildman–Crippen LogP) is 4.15. The van der Waals surface area contributed by atoms with E-state index in [0.717, 1.165) is 11.3 Å². The smallest absolute Gasteiger partial charge is 0.291 e. The van der Waals surface area contributed by atoms with E-state index in [9.17, 15) is 9.59 Å². The minimum absolute atomic E-state index is 0.209. The third kappa shape index (κ3) is 3.67. The van der Waals surface area contributed by atoms with Crippen molar-refractivity contribution in [2.24, 2.45) is 0 Å². The minimum Gasteiger partial charge on any atom is -0.459 e. The molecule has 5 nitrogen and oxygen atoms in total. The summed E-state index contributed by atoms with van der Waals surface area (Å²) in [4.78, 5) is 24.6. The maximum atomic E-state index is 12.2. The van der Waals surface area contributed by atoms with Crippen molar-refractivity contribution in [1.82, 2.24) is 0 Å². The molecule has 2 N–H and O–H groups in total. The lowest BCUT2D eigenvalue weighted by Gasteiger charge is -2.04. The molecule has 1 aromatic carbocycles. The van der Waals surface area contributed by atoms with Crippen LogP contribution in [0.15, 0.2) is 59.2 Å². The fraction of sp³-hybridized carbons (Fsp3) is 0.0588. The SMILES string of the molecule is Cc1cccc(NC(=O)c2ccc(NC(=O)c3ccco3)s2)c1. The van der Waals surface area contributed by atoms with Gasteiger partial charge in [-0.15, -0.1) is 11.3 Å². The van der Waals surface area contributed by atoms with Crippen LogP contribution in [0.1, 0.15) is 25.8 Å². The lowest BCUT2D eigenvalue weighted by molar-refractivity contribution is 0.0995. The Balaban J connectivity index is 1.66. The van der Waals surface area contributed by atoms with Crippen LogP contribution in [-0.4, -0.2) is 11.8 Å². The highest BCUT2D eigenvalue weighted by molar-refractivity contribution is 7.18. The van der Waals surface area contributed by atoms with Crippen molar-refractivity contribution in [2.45, 2.75) is 6.92 Å². The Bertz CT molecular complexity index is 837. The number of rotatable bonds is 4. The third-order valence-electron chi connectivity index (χ3n) is 3.09. The first-order chi connectivity index (χ1) is 11.1. The Labute approximate surface area is 136 Å².